The van der Waals surface area contributed by atoms with Gasteiger partial charge in [-0.3, -0.25) is 9.69 Å². The summed E-state index contributed by atoms with van der Waals surface area (Å²) >= 11 is 0. The lowest BCUT2D eigenvalue weighted by Gasteiger charge is -2.38. The average molecular weight is 316 g/mol. The third kappa shape index (κ3) is 3.75. The van der Waals surface area contributed by atoms with Crippen molar-refractivity contribution in [3.63, 3.8) is 0 Å². The van der Waals surface area contributed by atoms with Gasteiger partial charge in [0.15, 0.2) is 0 Å². The molecular weight excluding hydrogens is 288 g/mol. The molecule has 0 aliphatic carbocycles. The molecule has 4 heteroatoms. The van der Waals surface area contributed by atoms with E-state index in [0.717, 1.165) is 39.1 Å². The van der Waals surface area contributed by atoms with Gasteiger partial charge in [0.05, 0.1) is 6.04 Å². The second kappa shape index (κ2) is 7.45. The number of hydrogen-bond donors (Lipinski definition) is 1. The summed E-state index contributed by atoms with van der Waals surface area (Å²) < 4.78 is 5.56. The minimum Gasteiger partial charge on any atom is -0.381 e. The number of likely N-dealkylation sites (tertiary alicyclic amines) is 1. The van der Waals surface area contributed by atoms with Crippen LogP contribution in [-0.4, -0.2) is 49.7 Å². The molecule has 0 aromatic heterocycles. The molecule has 4 nitrogen and oxygen atoms in total. The number of nitrogens with zero attached hydrogens (tertiary/aromatic N) is 1. The van der Waals surface area contributed by atoms with Crippen molar-refractivity contribution in [1.29, 1.82) is 0 Å². The lowest BCUT2D eigenvalue weighted by Crippen LogP contribution is -2.49. The normalized spacial score (nSPS) is 22.7. The van der Waals surface area contributed by atoms with Crippen molar-refractivity contribution in [2.24, 2.45) is 0 Å². The Kier molecular flexibility index (Phi) is 5.34. The second-order valence-corrected chi connectivity index (χ2v) is 6.90. The van der Waals surface area contributed by atoms with Crippen LogP contribution in [0.25, 0.3) is 0 Å². The molecule has 2 aliphatic heterocycles. The number of hydrogen-bond acceptors (Lipinski definition) is 3. The van der Waals surface area contributed by atoms with Gasteiger partial charge in [0, 0.05) is 25.2 Å². The molecule has 2 aliphatic rings. The summed E-state index contributed by atoms with van der Waals surface area (Å²) in [6, 6.07) is 10.6. The number of nitrogens with one attached hydrogen (secondary N) is 1. The highest BCUT2D eigenvalue weighted by atomic mass is 16.5. The van der Waals surface area contributed by atoms with E-state index in [1.165, 1.54) is 18.4 Å². The molecule has 1 unspecified atom stereocenters. The standard InChI is InChI=1S/C19H28N2O2/c1-16(21-11-5-6-12-21)18(22)20-15-19(9-13-23-14-10-19)17-7-3-2-4-8-17/h2-4,7-8,16H,5-6,9-15H2,1H3,(H,20,22). The van der Waals surface area contributed by atoms with Gasteiger partial charge in [0.25, 0.3) is 0 Å². The van der Waals surface area contributed by atoms with Crippen molar-refractivity contribution in [3.05, 3.63) is 35.9 Å². The molecule has 0 saturated carbocycles. The molecule has 3 rings (SSSR count). The highest BCUT2D eigenvalue weighted by Crippen LogP contribution is 2.34. The van der Waals surface area contributed by atoms with Gasteiger partial charge in [-0.2, -0.15) is 0 Å². The lowest BCUT2D eigenvalue weighted by molar-refractivity contribution is -0.126. The molecule has 0 radical (unpaired) electrons. The van der Waals surface area contributed by atoms with Gasteiger partial charge >= 0.3 is 0 Å². The predicted octanol–water partition coefficient (Wildman–Crippen LogP) is 2.34. The molecule has 2 fully saturated rings. The molecule has 1 atom stereocenters. The number of carbonyl (C=O) groups excluding carboxylic acids is 1. The Morgan fingerprint density at radius 3 is 2.52 bits per heavy atom. The van der Waals surface area contributed by atoms with Crippen LogP contribution in [0.1, 0.15) is 38.2 Å². The van der Waals surface area contributed by atoms with E-state index in [0.29, 0.717) is 6.54 Å². The lowest BCUT2D eigenvalue weighted by atomic mass is 9.74. The summed E-state index contributed by atoms with van der Waals surface area (Å²) in [6.07, 6.45) is 4.36. The molecule has 1 N–H and O–H groups in total. The monoisotopic (exact) mass is 316 g/mol. The summed E-state index contributed by atoms with van der Waals surface area (Å²) in [5.41, 5.74) is 1.33. The van der Waals surface area contributed by atoms with Crippen LogP contribution >= 0.6 is 0 Å². The van der Waals surface area contributed by atoms with Crippen LogP contribution in [-0.2, 0) is 14.9 Å². The van der Waals surface area contributed by atoms with Gasteiger partial charge in [0.1, 0.15) is 0 Å². The largest absolute Gasteiger partial charge is 0.381 e. The number of benzene rings is 1. The highest BCUT2D eigenvalue weighted by Gasteiger charge is 2.35. The number of carbonyl (C=O) groups is 1. The molecular formula is C19H28N2O2. The van der Waals surface area contributed by atoms with Crippen molar-refractivity contribution in [1.82, 2.24) is 10.2 Å². The van der Waals surface area contributed by atoms with Crippen molar-refractivity contribution in [2.45, 2.75) is 44.1 Å². The Balaban J connectivity index is 1.66. The van der Waals surface area contributed by atoms with Gasteiger partial charge < -0.3 is 10.1 Å². The Hall–Kier alpha value is -1.39. The average Bonchev–Trinajstić information content (AvgIpc) is 3.15. The molecule has 2 heterocycles. The third-order valence-electron chi connectivity index (χ3n) is 5.50. The van der Waals surface area contributed by atoms with E-state index in [2.05, 4.69) is 34.5 Å². The third-order valence-corrected chi connectivity index (χ3v) is 5.50. The van der Waals surface area contributed by atoms with Crippen LogP contribution in [0.3, 0.4) is 0 Å². The maximum atomic E-state index is 12.6. The topological polar surface area (TPSA) is 41.6 Å². The Labute approximate surface area is 139 Å². The number of rotatable bonds is 5. The Morgan fingerprint density at radius 1 is 1.22 bits per heavy atom. The van der Waals surface area contributed by atoms with Crippen LogP contribution in [0, 0.1) is 0 Å². The van der Waals surface area contributed by atoms with Gasteiger partial charge in [-0.25, -0.2) is 0 Å². The van der Waals surface area contributed by atoms with Crippen LogP contribution in [0.15, 0.2) is 30.3 Å². The molecule has 0 spiro atoms. The van der Waals surface area contributed by atoms with E-state index >= 15 is 0 Å². The van der Waals surface area contributed by atoms with Crippen molar-refractivity contribution in [3.8, 4) is 0 Å². The quantitative estimate of drug-likeness (QED) is 0.906. The van der Waals surface area contributed by atoms with E-state index in [-0.39, 0.29) is 17.4 Å². The van der Waals surface area contributed by atoms with Gasteiger partial charge in [-0.15, -0.1) is 0 Å². The first-order chi connectivity index (χ1) is 11.2. The summed E-state index contributed by atoms with van der Waals surface area (Å²) in [5, 5.41) is 3.23. The summed E-state index contributed by atoms with van der Waals surface area (Å²) in [7, 11) is 0. The van der Waals surface area contributed by atoms with E-state index in [4.69, 9.17) is 4.74 Å². The molecule has 1 amide bonds. The minimum atomic E-state index is -0.0230. The van der Waals surface area contributed by atoms with E-state index in [1.54, 1.807) is 0 Å². The van der Waals surface area contributed by atoms with E-state index < -0.39 is 0 Å². The predicted molar refractivity (Wildman–Crippen MR) is 91.5 cm³/mol. The first-order valence-electron chi connectivity index (χ1n) is 8.86. The van der Waals surface area contributed by atoms with Crippen molar-refractivity contribution in [2.75, 3.05) is 32.8 Å². The first kappa shape index (κ1) is 16.5. The SMILES string of the molecule is CC(C(=O)NCC1(c2ccccc2)CCOCC1)N1CCCC1. The molecule has 2 saturated heterocycles. The molecule has 23 heavy (non-hydrogen) atoms. The van der Waals surface area contributed by atoms with Crippen LogP contribution in [0.5, 0.6) is 0 Å². The molecule has 1 aromatic carbocycles. The fraction of sp³-hybridized carbons (Fsp3) is 0.632. The maximum absolute atomic E-state index is 12.6. The summed E-state index contributed by atoms with van der Waals surface area (Å²) in [4.78, 5) is 14.8. The summed E-state index contributed by atoms with van der Waals surface area (Å²) in [6.45, 7) is 6.37. The molecule has 0 bridgehead atoms. The van der Waals surface area contributed by atoms with Gasteiger partial charge in [-0.1, -0.05) is 30.3 Å². The first-order valence-corrected chi connectivity index (χ1v) is 8.86. The van der Waals surface area contributed by atoms with Crippen molar-refractivity contribution >= 4 is 5.91 Å². The highest BCUT2D eigenvalue weighted by molar-refractivity contribution is 5.81. The summed E-state index contributed by atoms with van der Waals surface area (Å²) in [5.74, 6) is 0.161. The zero-order valence-corrected chi connectivity index (χ0v) is 14.1. The Morgan fingerprint density at radius 2 is 1.87 bits per heavy atom. The zero-order chi connectivity index (χ0) is 16.1. The number of ether oxygens (including phenoxy) is 1. The maximum Gasteiger partial charge on any atom is 0.237 e. The van der Waals surface area contributed by atoms with Crippen LogP contribution in [0.4, 0.5) is 0 Å². The van der Waals surface area contributed by atoms with Crippen LogP contribution in [0.2, 0.25) is 0 Å². The fourth-order valence-electron chi connectivity index (χ4n) is 3.82. The zero-order valence-electron chi connectivity index (χ0n) is 14.1. The van der Waals surface area contributed by atoms with Crippen molar-refractivity contribution < 1.29 is 9.53 Å². The van der Waals surface area contributed by atoms with E-state index in [9.17, 15) is 4.79 Å². The second-order valence-electron chi connectivity index (χ2n) is 6.90. The fourth-order valence-corrected chi connectivity index (χ4v) is 3.82. The number of amides is 1. The van der Waals surface area contributed by atoms with E-state index in [1.807, 2.05) is 13.0 Å². The minimum absolute atomic E-state index is 0.0138. The Bertz CT molecular complexity index is 505. The van der Waals surface area contributed by atoms with Gasteiger partial charge in [0.2, 0.25) is 5.91 Å². The molecule has 126 valence electrons. The van der Waals surface area contributed by atoms with Crippen LogP contribution < -0.4 is 5.32 Å². The molecule has 1 aromatic rings. The van der Waals surface area contributed by atoms with Gasteiger partial charge in [-0.05, 0) is 51.3 Å². The smallest absolute Gasteiger partial charge is 0.237 e.